The Morgan fingerprint density at radius 3 is 2.65 bits per heavy atom. The van der Waals surface area contributed by atoms with Crippen LogP contribution >= 0.6 is 23.2 Å². The molecule has 0 amide bonds. The molecule has 0 unspecified atom stereocenters. The van der Waals surface area contributed by atoms with Gasteiger partial charge in [-0.25, -0.2) is 0 Å². The number of benzene rings is 2. The molecule has 3 nitrogen and oxygen atoms in total. The second-order valence-electron chi connectivity index (χ2n) is 4.15. The first-order chi connectivity index (χ1) is 9.52. The Morgan fingerprint density at radius 1 is 1.25 bits per heavy atom. The van der Waals surface area contributed by atoms with Crippen LogP contribution in [0, 0.1) is 0 Å². The van der Waals surface area contributed by atoms with Gasteiger partial charge in [0.1, 0.15) is 5.75 Å². The molecular weight excluding hydrogens is 297 g/mol. The van der Waals surface area contributed by atoms with Crippen LogP contribution in [0.15, 0.2) is 36.4 Å². The number of ether oxygens (including phenoxy) is 1. The number of halogens is 2. The highest BCUT2D eigenvalue weighted by Gasteiger charge is 2.18. The Morgan fingerprint density at radius 2 is 2.00 bits per heavy atom. The molecule has 2 aromatic carbocycles. The first-order valence-electron chi connectivity index (χ1n) is 6.05. The summed E-state index contributed by atoms with van der Waals surface area (Å²) in [5.74, 6) is 0.108. The molecule has 0 bridgehead atoms. The smallest absolute Gasteiger partial charge is 0.196 e. The van der Waals surface area contributed by atoms with E-state index in [1.54, 1.807) is 36.4 Å². The van der Waals surface area contributed by atoms with Gasteiger partial charge in [-0.2, -0.15) is 0 Å². The molecule has 0 aliphatic rings. The molecular formula is C15H13Cl2NO2. The topological polar surface area (TPSA) is 52.3 Å². The van der Waals surface area contributed by atoms with Gasteiger partial charge in [-0.3, -0.25) is 4.79 Å². The summed E-state index contributed by atoms with van der Waals surface area (Å²) in [4.78, 5) is 12.5. The first-order valence-corrected chi connectivity index (χ1v) is 6.80. The molecule has 0 saturated heterocycles. The minimum atomic E-state index is -0.231. The molecule has 0 aromatic heterocycles. The van der Waals surface area contributed by atoms with Gasteiger partial charge in [0, 0.05) is 16.3 Å². The molecule has 0 radical (unpaired) electrons. The lowest BCUT2D eigenvalue weighted by Gasteiger charge is -2.12. The van der Waals surface area contributed by atoms with E-state index in [1.165, 1.54) is 0 Å². The molecule has 2 aromatic rings. The van der Waals surface area contributed by atoms with Crippen LogP contribution < -0.4 is 10.5 Å². The van der Waals surface area contributed by atoms with Crippen molar-refractivity contribution in [3.63, 3.8) is 0 Å². The van der Waals surface area contributed by atoms with Crippen LogP contribution in [0.25, 0.3) is 0 Å². The Hall–Kier alpha value is -1.71. The zero-order valence-electron chi connectivity index (χ0n) is 10.8. The molecule has 0 atom stereocenters. The Bertz CT molecular complexity index is 656. The van der Waals surface area contributed by atoms with Gasteiger partial charge in [0.25, 0.3) is 0 Å². The fourth-order valence-corrected chi connectivity index (χ4v) is 2.40. The van der Waals surface area contributed by atoms with E-state index in [9.17, 15) is 4.79 Å². The summed E-state index contributed by atoms with van der Waals surface area (Å²) in [6.45, 7) is 2.22. The lowest BCUT2D eigenvalue weighted by atomic mass is 10.0. The van der Waals surface area contributed by atoms with E-state index in [4.69, 9.17) is 33.7 Å². The number of nitrogen functional groups attached to an aromatic ring is 1. The molecule has 0 heterocycles. The quantitative estimate of drug-likeness (QED) is 0.680. The third-order valence-corrected chi connectivity index (χ3v) is 3.19. The van der Waals surface area contributed by atoms with Gasteiger partial charge < -0.3 is 10.5 Å². The summed E-state index contributed by atoms with van der Waals surface area (Å²) in [5.41, 5.74) is 7.00. The second-order valence-corrected chi connectivity index (χ2v) is 5.00. The fourth-order valence-electron chi connectivity index (χ4n) is 1.86. The summed E-state index contributed by atoms with van der Waals surface area (Å²) in [6, 6.07) is 9.81. The normalized spacial score (nSPS) is 10.3. The molecule has 2 rings (SSSR count). The van der Waals surface area contributed by atoms with Gasteiger partial charge in [-0.15, -0.1) is 0 Å². The average Bonchev–Trinajstić information content (AvgIpc) is 2.41. The summed E-state index contributed by atoms with van der Waals surface area (Å²) in [7, 11) is 0. The molecule has 2 N–H and O–H groups in total. The van der Waals surface area contributed by atoms with Crippen LogP contribution in [0.3, 0.4) is 0 Å². The number of carbonyl (C=O) groups is 1. The summed E-state index contributed by atoms with van der Waals surface area (Å²) in [6.07, 6.45) is 0. The number of anilines is 1. The largest absolute Gasteiger partial charge is 0.492 e. The van der Waals surface area contributed by atoms with Gasteiger partial charge in [-0.1, -0.05) is 35.3 Å². The lowest BCUT2D eigenvalue weighted by molar-refractivity contribution is 0.103. The minimum absolute atomic E-state index is 0.231. The number of nitrogens with two attached hydrogens (primary N) is 1. The van der Waals surface area contributed by atoms with Crippen molar-refractivity contribution in [1.29, 1.82) is 0 Å². The molecule has 20 heavy (non-hydrogen) atoms. The Labute approximate surface area is 127 Å². The SMILES string of the molecule is CCOc1c(Cl)cc(Cl)cc1C(=O)c1cccc(N)c1. The van der Waals surface area contributed by atoms with E-state index in [0.29, 0.717) is 39.2 Å². The van der Waals surface area contributed by atoms with Gasteiger partial charge in [0.2, 0.25) is 0 Å². The predicted octanol–water partition coefficient (Wildman–Crippen LogP) is 4.21. The fraction of sp³-hybridized carbons (Fsp3) is 0.133. The standard InChI is InChI=1S/C15H13Cl2NO2/c1-2-20-15-12(7-10(16)8-13(15)17)14(19)9-4-3-5-11(18)6-9/h3-8H,2,18H2,1H3. The molecule has 0 fully saturated rings. The van der Waals surface area contributed by atoms with Gasteiger partial charge >= 0.3 is 0 Å². The zero-order valence-corrected chi connectivity index (χ0v) is 12.3. The van der Waals surface area contributed by atoms with Crippen molar-refractivity contribution >= 4 is 34.7 Å². The number of hydrogen-bond acceptors (Lipinski definition) is 3. The predicted molar refractivity (Wildman–Crippen MR) is 81.9 cm³/mol. The van der Waals surface area contributed by atoms with Gasteiger partial charge in [0.15, 0.2) is 5.78 Å². The number of rotatable bonds is 4. The summed E-state index contributed by atoms with van der Waals surface area (Å²) >= 11 is 12.1. The highest BCUT2D eigenvalue weighted by atomic mass is 35.5. The highest BCUT2D eigenvalue weighted by molar-refractivity contribution is 6.36. The van der Waals surface area contributed by atoms with Crippen molar-refractivity contribution in [1.82, 2.24) is 0 Å². The van der Waals surface area contributed by atoms with Crippen molar-refractivity contribution in [2.75, 3.05) is 12.3 Å². The Balaban J connectivity index is 2.53. The van der Waals surface area contributed by atoms with Crippen LogP contribution in [-0.4, -0.2) is 12.4 Å². The minimum Gasteiger partial charge on any atom is -0.492 e. The van der Waals surface area contributed by atoms with E-state index in [1.807, 2.05) is 6.92 Å². The van der Waals surface area contributed by atoms with Crippen molar-refractivity contribution in [3.8, 4) is 5.75 Å². The Kier molecular flexibility index (Phi) is 4.53. The van der Waals surface area contributed by atoms with E-state index in [2.05, 4.69) is 0 Å². The highest BCUT2D eigenvalue weighted by Crippen LogP contribution is 2.34. The lowest BCUT2D eigenvalue weighted by Crippen LogP contribution is -2.06. The number of ketones is 1. The molecule has 0 aliphatic carbocycles. The molecule has 5 heteroatoms. The van der Waals surface area contributed by atoms with E-state index < -0.39 is 0 Å². The zero-order chi connectivity index (χ0) is 14.7. The average molecular weight is 310 g/mol. The summed E-state index contributed by atoms with van der Waals surface area (Å²) in [5, 5.41) is 0.692. The molecule has 0 aliphatic heterocycles. The van der Waals surface area contributed by atoms with Crippen LogP contribution in [0.2, 0.25) is 10.0 Å². The van der Waals surface area contributed by atoms with Gasteiger partial charge in [-0.05, 0) is 31.2 Å². The van der Waals surface area contributed by atoms with E-state index >= 15 is 0 Å². The van der Waals surface area contributed by atoms with Crippen molar-refractivity contribution in [2.45, 2.75) is 6.92 Å². The maximum atomic E-state index is 12.5. The number of carbonyl (C=O) groups excluding carboxylic acids is 1. The maximum Gasteiger partial charge on any atom is 0.196 e. The monoisotopic (exact) mass is 309 g/mol. The van der Waals surface area contributed by atoms with Crippen molar-refractivity contribution in [2.24, 2.45) is 0 Å². The third-order valence-electron chi connectivity index (χ3n) is 2.69. The molecule has 0 saturated carbocycles. The van der Waals surface area contributed by atoms with Gasteiger partial charge in [0.05, 0.1) is 17.2 Å². The van der Waals surface area contributed by atoms with E-state index in [-0.39, 0.29) is 5.78 Å². The summed E-state index contributed by atoms with van der Waals surface area (Å²) < 4.78 is 5.45. The number of hydrogen-bond donors (Lipinski definition) is 1. The van der Waals surface area contributed by atoms with Crippen molar-refractivity contribution in [3.05, 3.63) is 57.6 Å². The maximum absolute atomic E-state index is 12.5. The van der Waals surface area contributed by atoms with Crippen LogP contribution in [0.1, 0.15) is 22.8 Å². The molecule has 0 spiro atoms. The second kappa shape index (κ2) is 6.16. The van der Waals surface area contributed by atoms with Crippen LogP contribution in [0.4, 0.5) is 5.69 Å². The van der Waals surface area contributed by atoms with Crippen molar-refractivity contribution < 1.29 is 9.53 Å². The first kappa shape index (κ1) is 14.7. The molecule has 104 valence electrons. The third kappa shape index (κ3) is 3.06. The van der Waals surface area contributed by atoms with E-state index in [0.717, 1.165) is 0 Å². The van der Waals surface area contributed by atoms with Crippen LogP contribution in [-0.2, 0) is 0 Å². The van der Waals surface area contributed by atoms with Crippen LogP contribution in [0.5, 0.6) is 5.75 Å².